The first-order valence-corrected chi connectivity index (χ1v) is 22.3. The molecule has 0 saturated carbocycles. The van der Waals surface area contributed by atoms with Gasteiger partial charge in [0.2, 0.25) is 0 Å². The first-order valence-electron chi connectivity index (χ1n) is 22.3. The molecule has 0 N–H and O–H groups in total. The molecule has 2 heterocycles. The van der Waals surface area contributed by atoms with Gasteiger partial charge in [0.05, 0.1) is 16.5 Å². The standard InChI is InChI=1S/C59H32F8N4/c60-51-49(52(61)56(65)68-55(51)64)33-21-25-41-42-26-22-34(50-53(62)57(66)69-58(67)54(50)63)30-46(42)59(45(41)29-33)47-31-39(70(35-13-5-1-6-14-35)36-15-7-2-8-16-36)23-27-43(47)44-28-24-40(32-48(44)59)71(37-17-9-3-10-18-37)38-19-11-4-12-20-38/h1-32H. The van der Waals surface area contributed by atoms with Crippen molar-refractivity contribution in [1.29, 1.82) is 0 Å². The van der Waals surface area contributed by atoms with Crippen molar-refractivity contribution >= 4 is 34.1 Å². The summed E-state index contributed by atoms with van der Waals surface area (Å²) in [6.07, 6.45) is 0. The lowest BCUT2D eigenvalue weighted by Gasteiger charge is -2.33. The summed E-state index contributed by atoms with van der Waals surface area (Å²) in [7, 11) is 0. The summed E-state index contributed by atoms with van der Waals surface area (Å²) in [5.41, 5.74) is 4.74. The third-order valence-electron chi connectivity index (χ3n) is 13.4. The Morgan fingerprint density at radius 1 is 0.282 bits per heavy atom. The maximum atomic E-state index is 15.9. The van der Waals surface area contributed by atoms with E-state index in [9.17, 15) is 17.6 Å². The molecule has 8 aromatic carbocycles. The van der Waals surface area contributed by atoms with E-state index in [1.54, 1.807) is 12.1 Å². The molecule has 4 nitrogen and oxygen atoms in total. The lowest BCUT2D eigenvalue weighted by molar-refractivity contribution is 0.410. The highest BCUT2D eigenvalue weighted by Gasteiger charge is 2.53. The molecule has 344 valence electrons. The van der Waals surface area contributed by atoms with Crippen LogP contribution in [-0.2, 0) is 5.41 Å². The Labute approximate surface area is 401 Å². The summed E-state index contributed by atoms with van der Waals surface area (Å²) in [6.45, 7) is 0. The Morgan fingerprint density at radius 3 is 0.845 bits per heavy atom. The number of anilines is 6. The number of halogens is 8. The molecule has 0 bridgehead atoms. The Morgan fingerprint density at radius 2 is 0.549 bits per heavy atom. The number of para-hydroxylation sites is 4. The highest BCUT2D eigenvalue weighted by Crippen LogP contribution is 2.65. The van der Waals surface area contributed by atoms with Gasteiger partial charge in [-0.15, -0.1) is 0 Å². The van der Waals surface area contributed by atoms with E-state index in [0.717, 1.165) is 22.7 Å². The van der Waals surface area contributed by atoms with E-state index in [2.05, 4.69) is 9.97 Å². The van der Waals surface area contributed by atoms with Gasteiger partial charge in [-0.25, -0.2) is 17.6 Å². The quantitative estimate of drug-likeness (QED) is 0.112. The summed E-state index contributed by atoms with van der Waals surface area (Å²) in [5.74, 6) is -14.3. The number of hydrogen-bond acceptors (Lipinski definition) is 4. The molecule has 12 heteroatoms. The minimum Gasteiger partial charge on any atom is -0.310 e. The van der Waals surface area contributed by atoms with E-state index < -0.39 is 63.6 Å². The number of rotatable bonds is 8. The molecule has 0 amide bonds. The largest absolute Gasteiger partial charge is 0.310 e. The predicted octanol–water partition coefficient (Wildman–Crippen LogP) is 16.2. The van der Waals surface area contributed by atoms with Gasteiger partial charge in [0, 0.05) is 34.1 Å². The number of pyridine rings is 2. The summed E-state index contributed by atoms with van der Waals surface area (Å²) in [4.78, 5) is 9.68. The van der Waals surface area contributed by atoms with Crippen LogP contribution in [0.15, 0.2) is 194 Å². The molecule has 0 saturated heterocycles. The highest BCUT2D eigenvalue weighted by molar-refractivity contribution is 5.99. The number of hydrogen-bond donors (Lipinski definition) is 0. The normalized spacial score (nSPS) is 12.6. The van der Waals surface area contributed by atoms with Gasteiger partial charge in [-0.2, -0.15) is 27.5 Å². The third-order valence-corrected chi connectivity index (χ3v) is 13.4. The van der Waals surface area contributed by atoms with Gasteiger partial charge >= 0.3 is 0 Å². The minimum absolute atomic E-state index is 0.241. The molecule has 0 atom stereocenters. The Hall–Kier alpha value is -8.90. The van der Waals surface area contributed by atoms with Crippen LogP contribution >= 0.6 is 0 Å². The second kappa shape index (κ2) is 16.7. The fraction of sp³-hybridized carbons (Fsp3) is 0.0169. The fourth-order valence-electron chi connectivity index (χ4n) is 10.5. The van der Waals surface area contributed by atoms with Crippen molar-refractivity contribution in [3.8, 4) is 44.5 Å². The molecular formula is C59H32F8N4. The van der Waals surface area contributed by atoms with Crippen molar-refractivity contribution in [3.63, 3.8) is 0 Å². The number of fused-ring (bicyclic) bond motifs is 10. The van der Waals surface area contributed by atoms with Crippen LogP contribution in [0.4, 0.5) is 69.2 Å². The van der Waals surface area contributed by atoms with Gasteiger partial charge in [-0.05, 0) is 141 Å². The van der Waals surface area contributed by atoms with Crippen LogP contribution < -0.4 is 9.80 Å². The molecular weight excluding hydrogens is 917 g/mol. The molecule has 0 radical (unpaired) electrons. The lowest BCUT2D eigenvalue weighted by Crippen LogP contribution is -2.27. The van der Waals surface area contributed by atoms with Crippen molar-refractivity contribution in [3.05, 3.63) is 263 Å². The van der Waals surface area contributed by atoms with E-state index >= 15 is 17.6 Å². The Bertz CT molecular complexity index is 3380. The van der Waals surface area contributed by atoms with E-state index in [1.807, 2.05) is 168 Å². The van der Waals surface area contributed by atoms with Crippen molar-refractivity contribution in [1.82, 2.24) is 9.97 Å². The summed E-state index contributed by atoms with van der Waals surface area (Å²) in [5, 5.41) is 0. The number of nitrogens with zero attached hydrogens (tertiary/aromatic N) is 4. The van der Waals surface area contributed by atoms with Crippen molar-refractivity contribution in [2.24, 2.45) is 0 Å². The van der Waals surface area contributed by atoms with E-state index in [0.29, 0.717) is 55.9 Å². The van der Waals surface area contributed by atoms with Crippen LogP contribution in [0.5, 0.6) is 0 Å². The molecule has 12 rings (SSSR count). The van der Waals surface area contributed by atoms with Gasteiger partial charge < -0.3 is 9.80 Å². The second-order valence-corrected chi connectivity index (χ2v) is 17.1. The van der Waals surface area contributed by atoms with Gasteiger partial charge in [-0.3, -0.25) is 0 Å². The van der Waals surface area contributed by atoms with Crippen LogP contribution in [0.2, 0.25) is 0 Å². The smallest absolute Gasteiger partial charge is 0.252 e. The first-order chi connectivity index (χ1) is 34.5. The average molecular weight is 949 g/mol. The Balaban J connectivity index is 1.22. The van der Waals surface area contributed by atoms with Gasteiger partial charge in [0.1, 0.15) is 0 Å². The molecule has 0 unspecified atom stereocenters. The molecule has 0 fully saturated rings. The van der Waals surface area contributed by atoms with Gasteiger partial charge in [0.25, 0.3) is 23.8 Å². The topological polar surface area (TPSA) is 32.3 Å². The van der Waals surface area contributed by atoms with Crippen molar-refractivity contribution in [2.75, 3.05) is 9.80 Å². The van der Waals surface area contributed by atoms with Crippen molar-refractivity contribution < 1.29 is 35.1 Å². The molecule has 2 aromatic heterocycles. The highest BCUT2D eigenvalue weighted by atomic mass is 19.2. The molecule has 2 aliphatic carbocycles. The SMILES string of the molecule is Fc1nc(F)c(F)c(-c2ccc3c(c2)C2(c4cc(-c5c(F)c(F)nc(F)c5F)ccc4-3)c3cc(N(c4ccccc4)c4ccccc4)ccc3-c3ccc(N(c4ccccc4)c4ccccc4)cc32)c1F. The number of benzene rings is 8. The third kappa shape index (κ3) is 6.65. The molecule has 10 aromatic rings. The van der Waals surface area contributed by atoms with E-state index in [1.165, 1.54) is 24.3 Å². The Kier molecular flexibility index (Phi) is 10.2. The molecule has 2 aliphatic rings. The van der Waals surface area contributed by atoms with Crippen LogP contribution in [0, 0.1) is 47.1 Å². The van der Waals surface area contributed by atoms with E-state index in [-0.39, 0.29) is 11.1 Å². The molecule has 71 heavy (non-hydrogen) atoms. The summed E-state index contributed by atoms with van der Waals surface area (Å²) in [6, 6.07) is 58.9. The summed E-state index contributed by atoms with van der Waals surface area (Å²) >= 11 is 0. The lowest BCUT2D eigenvalue weighted by atomic mass is 9.69. The zero-order valence-electron chi connectivity index (χ0n) is 36.8. The summed E-state index contributed by atoms with van der Waals surface area (Å²) < 4.78 is 124. The van der Waals surface area contributed by atoms with Gasteiger partial charge in [0.15, 0.2) is 23.3 Å². The van der Waals surface area contributed by atoms with Crippen LogP contribution in [0.25, 0.3) is 44.5 Å². The minimum atomic E-state index is -1.85. The maximum Gasteiger partial charge on any atom is 0.252 e. The monoisotopic (exact) mass is 948 g/mol. The van der Waals surface area contributed by atoms with Crippen LogP contribution in [0.3, 0.4) is 0 Å². The fourth-order valence-corrected chi connectivity index (χ4v) is 10.5. The number of aromatic nitrogens is 2. The zero-order valence-corrected chi connectivity index (χ0v) is 36.8. The second-order valence-electron chi connectivity index (χ2n) is 17.1. The first kappa shape index (κ1) is 43.4. The maximum absolute atomic E-state index is 15.9. The van der Waals surface area contributed by atoms with E-state index in [4.69, 9.17) is 0 Å². The van der Waals surface area contributed by atoms with Gasteiger partial charge in [-0.1, -0.05) is 109 Å². The average Bonchev–Trinajstić information content (AvgIpc) is 3.85. The zero-order chi connectivity index (χ0) is 48.7. The van der Waals surface area contributed by atoms with Crippen molar-refractivity contribution in [2.45, 2.75) is 5.41 Å². The predicted molar refractivity (Wildman–Crippen MR) is 258 cm³/mol. The molecule has 0 aliphatic heterocycles. The van der Waals surface area contributed by atoms with Crippen LogP contribution in [0.1, 0.15) is 22.3 Å². The van der Waals surface area contributed by atoms with Crippen LogP contribution in [-0.4, -0.2) is 9.97 Å². The molecule has 1 spiro atoms.